The number of rotatable bonds is 2. The fourth-order valence-electron chi connectivity index (χ4n) is 2.03. The van der Waals surface area contributed by atoms with Crippen molar-refractivity contribution in [3.63, 3.8) is 0 Å². The van der Waals surface area contributed by atoms with Gasteiger partial charge in [-0.25, -0.2) is 0 Å². The molecule has 1 fully saturated rings. The summed E-state index contributed by atoms with van der Waals surface area (Å²) in [5, 5.41) is 16.6. The molecule has 1 aromatic carbocycles. The van der Waals surface area contributed by atoms with E-state index in [1.165, 1.54) is 0 Å². The van der Waals surface area contributed by atoms with Gasteiger partial charge in [0.15, 0.2) is 0 Å². The molecule has 1 saturated heterocycles. The number of aromatic hydroxyl groups is 1. The van der Waals surface area contributed by atoms with E-state index in [1.54, 1.807) is 18.2 Å². The van der Waals surface area contributed by atoms with E-state index >= 15 is 0 Å². The maximum Gasteiger partial charge on any atom is 0.244 e. The van der Waals surface area contributed by atoms with Gasteiger partial charge in [0.2, 0.25) is 11.7 Å². The molecule has 3 rings (SSSR count). The number of phenols is 1. The Bertz CT molecular complexity index is 518. The van der Waals surface area contributed by atoms with Crippen LogP contribution in [0.25, 0.3) is 11.4 Å². The van der Waals surface area contributed by atoms with Crippen molar-refractivity contribution < 1.29 is 9.63 Å². The van der Waals surface area contributed by atoms with Crippen LogP contribution < -0.4 is 5.32 Å². The normalized spacial score (nSPS) is 19.6. The maximum absolute atomic E-state index is 9.39. The molecule has 88 valence electrons. The lowest BCUT2D eigenvalue weighted by atomic mass is 10.2. The molecular formula is C12H13N3O2. The van der Waals surface area contributed by atoms with E-state index < -0.39 is 0 Å². The average Bonchev–Trinajstić information content (AvgIpc) is 3.00. The van der Waals surface area contributed by atoms with E-state index in [9.17, 15) is 5.11 Å². The number of hydrogen-bond acceptors (Lipinski definition) is 5. The minimum Gasteiger partial charge on any atom is -0.508 e. The van der Waals surface area contributed by atoms with Gasteiger partial charge in [-0.2, -0.15) is 4.98 Å². The van der Waals surface area contributed by atoms with E-state index in [1.807, 2.05) is 6.07 Å². The van der Waals surface area contributed by atoms with Gasteiger partial charge in [0.25, 0.3) is 0 Å². The van der Waals surface area contributed by atoms with Crippen molar-refractivity contribution >= 4 is 0 Å². The molecule has 0 saturated carbocycles. The SMILES string of the molecule is Oc1cccc(-c2noc([C@H]3CCCN3)n2)c1. The largest absolute Gasteiger partial charge is 0.508 e. The van der Waals surface area contributed by atoms with Crippen LogP contribution in [0.5, 0.6) is 5.75 Å². The highest BCUT2D eigenvalue weighted by molar-refractivity contribution is 5.56. The molecule has 2 aromatic rings. The molecular weight excluding hydrogens is 218 g/mol. The monoisotopic (exact) mass is 231 g/mol. The molecule has 0 bridgehead atoms. The molecule has 2 heterocycles. The maximum atomic E-state index is 9.39. The molecule has 2 N–H and O–H groups in total. The molecule has 0 aliphatic carbocycles. The Hall–Kier alpha value is -1.88. The minimum atomic E-state index is 0.175. The number of benzene rings is 1. The van der Waals surface area contributed by atoms with Crippen LogP contribution in [0.2, 0.25) is 0 Å². The summed E-state index contributed by atoms with van der Waals surface area (Å²) in [7, 11) is 0. The van der Waals surface area contributed by atoms with E-state index in [0.29, 0.717) is 11.7 Å². The van der Waals surface area contributed by atoms with Crippen LogP contribution in [0.15, 0.2) is 28.8 Å². The lowest BCUT2D eigenvalue weighted by Gasteiger charge is -2.01. The molecule has 0 spiro atoms. The van der Waals surface area contributed by atoms with Crippen LogP contribution in [0, 0.1) is 0 Å². The van der Waals surface area contributed by atoms with Crippen molar-refractivity contribution in [3.8, 4) is 17.1 Å². The highest BCUT2D eigenvalue weighted by Gasteiger charge is 2.22. The lowest BCUT2D eigenvalue weighted by Crippen LogP contribution is -2.12. The Morgan fingerprint density at radius 2 is 2.35 bits per heavy atom. The summed E-state index contributed by atoms with van der Waals surface area (Å²) in [6, 6.07) is 7.01. The van der Waals surface area contributed by atoms with Gasteiger partial charge < -0.3 is 14.9 Å². The van der Waals surface area contributed by atoms with E-state index in [0.717, 1.165) is 24.9 Å². The van der Waals surface area contributed by atoms with Crippen molar-refractivity contribution in [1.82, 2.24) is 15.5 Å². The first-order valence-electron chi connectivity index (χ1n) is 5.69. The number of nitrogens with zero attached hydrogens (tertiary/aromatic N) is 2. The van der Waals surface area contributed by atoms with Gasteiger partial charge in [-0.05, 0) is 31.5 Å². The second-order valence-electron chi connectivity index (χ2n) is 4.16. The van der Waals surface area contributed by atoms with E-state index in [2.05, 4.69) is 15.5 Å². The zero-order valence-corrected chi connectivity index (χ0v) is 9.26. The first-order valence-corrected chi connectivity index (χ1v) is 5.69. The topological polar surface area (TPSA) is 71.2 Å². The summed E-state index contributed by atoms with van der Waals surface area (Å²) in [6.07, 6.45) is 2.16. The average molecular weight is 231 g/mol. The summed E-state index contributed by atoms with van der Waals surface area (Å²) in [5.74, 6) is 1.35. The van der Waals surface area contributed by atoms with Crippen LogP contribution >= 0.6 is 0 Å². The molecule has 5 heteroatoms. The smallest absolute Gasteiger partial charge is 0.244 e. The van der Waals surface area contributed by atoms with Gasteiger partial charge in [-0.15, -0.1) is 0 Å². The third kappa shape index (κ3) is 2.01. The predicted molar refractivity (Wildman–Crippen MR) is 61.4 cm³/mol. The molecule has 1 aromatic heterocycles. The fraction of sp³-hybridized carbons (Fsp3) is 0.333. The van der Waals surface area contributed by atoms with Crippen molar-refractivity contribution in [2.24, 2.45) is 0 Å². The molecule has 0 radical (unpaired) electrons. The lowest BCUT2D eigenvalue weighted by molar-refractivity contribution is 0.345. The molecule has 17 heavy (non-hydrogen) atoms. The summed E-state index contributed by atoms with van der Waals surface area (Å²) < 4.78 is 5.24. The number of nitrogens with one attached hydrogen (secondary N) is 1. The van der Waals surface area contributed by atoms with Gasteiger partial charge in [-0.3, -0.25) is 0 Å². The summed E-state index contributed by atoms with van der Waals surface area (Å²) in [6.45, 7) is 0.995. The molecule has 0 amide bonds. The van der Waals surface area contributed by atoms with Gasteiger partial charge in [0.05, 0.1) is 6.04 Å². The minimum absolute atomic E-state index is 0.175. The van der Waals surface area contributed by atoms with Crippen molar-refractivity contribution in [1.29, 1.82) is 0 Å². The Kier molecular flexibility index (Phi) is 2.53. The quantitative estimate of drug-likeness (QED) is 0.825. The molecule has 5 nitrogen and oxygen atoms in total. The predicted octanol–water partition coefficient (Wildman–Crippen LogP) is 1.87. The van der Waals surface area contributed by atoms with E-state index in [-0.39, 0.29) is 11.8 Å². The Balaban J connectivity index is 1.89. The van der Waals surface area contributed by atoms with Crippen molar-refractivity contribution in [2.45, 2.75) is 18.9 Å². The summed E-state index contributed by atoms with van der Waals surface area (Å²) >= 11 is 0. The standard InChI is InChI=1S/C12H13N3O2/c16-9-4-1-3-8(7-9)11-14-12(17-15-11)10-5-2-6-13-10/h1,3-4,7,10,13,16H,2,5-6H2/t10-/m1/s1. The Morgan fingerprint density at radius 1 is 1.41 bits per heavy atom. The van der Waals surface area contributed by atoms with Crippen molar-refractivity contribution in [2.75, 3.05) is 6.54 Å². The number of hydrogen-bond donors (Lipinski definition) is 2. The van der Waals surface area contributed by atoms with Gasteiger partial charge >= 0.3 is 0 Å². The van der Waals surface area contributed by atoms with Gasteiger partial charge in [0, 0.05) is 5.56 Å². The Morgan fingerprint density at radius 3 is 3.12 bits per heavy atom. The third-order valence-electron chi connectivity index (χ3n) is 2.90. The second kappa shape index (κ2) is 4.18. The van der Waals surface area contributed by atoms with Crippen LogP contribution in [0.4, 0.5) is 0 Å². The molecule has 1 atom stereocenters. The molecule has 1 aliphatic rings. The van der Waals surface area contributed by atoms with Crippen LogP contribution in [0.1, 0.15) is 24.8 Å². The third-order valence-corrected chi connectivity index (χ3v) is 2.90. The highest BCUT2D eigenvalue weighted by atomic mass is 16.5. The zero-order valence-electron chi connectivity index (χ0n) is 9.26. The second-order valence-corrected chi connectivity index (χ2v) is 4.16. The Labute approximate surface area is 98.5 Å². The molecule has 1 aliphatic heterocycles. The first kappa shape index (κ1) is 10.3. The number of phenolic OH excluding ortho intramolecular Hbond substituents is 1. The van der Waals surface area contributed by atoms with Crippen molar-refractivity contribution in [3.05, 3.63) is 30.2 Å². The first-order chi connectivity index (χ1) is 8.33. The van der Waals surface area contributed by atoms with E-state index in [4.69, 9.17) is 4.52 Å². The van der Waals surface area contributed by atoms with Crippen LogP contribution in [-0.4, -0.2) is 21.8 Å². The summed E-state index contributed by atoms with van der Waals surface area (Å²) in [5.41, 5.74) is 0.762. The van der Waals surface area contributed by atoms with Gasteiger partial charge in [-0.1, -0.05) is 17.3 Å². The van der Waals surface area contributed by atoms with Crippen LogP contribution in [0.3, 0.4) is 0 Å². The summed E-state index contributed by atoms with van der Waals surface area (Å²) in [4.78, 5) is 4.35. The van der Waals surface area contributed by atoms with Gasteiger partial charge in [0.1, 0.15) is 5.75 Å². The number of aromatic nitrogens is 2. The fourth-order valence-corrected chi connectivity index (χ4v) is 2.03. The van der Waals surface area contributed by atoms with Crippen LogP contribution in [-0.2, 0) is 0 Å². The highest BCUT2D eigenvalue weighted by Crippen LogP contribution is 2.25. The zero-order chi connectivity index (χ0) is 11.7. The molecule has 0 unspecified atom stereocenters.